The molecule has 0 unspecified atom stereocenters. The van der Waals surface area contributed by atoms with Gasteiger partial charge in [0.05, 0.1) is 5.41 Å². The highest BCUT2D eigenvalue weighted by molar-refractivity contribution is 6.05. The molecule has 0 atom stereocenters. The Bertz CT molecular complexity index is 2080. The molecule has 0 spiro atoms. The minimum absolute atomic E-state index is 0.423. The van der Waals surface area contributed by atoms with Crippen LogP contribution in [-0.4, -0.2) is 0 Å². The second-order valence-corrected chi connectivity index (χ2v) is 12.3. The van der Waals surface area contributed by atoms with Crippen molar-refractivity contribution in [2.24, 2.45) is 0 Å². The van der Waals surface area contributed by atoms with Crippen LogP contribution in [0.15, 0.2) is 164 Å². The highest BCUT2D eigenvalue weighted by atomic mass is 14.5. The van der Waals surface area contributed by atoms with Crippen LogP contribution in [0.5, 0.6) is 0 Å². The van der Waals surface area contributed by atoms with Gasteiger partial charge < -0.3 is 0 Å². The van der Waals surface area contributed by atoms with E-state index in [2.05, 4.69) is 178 Å². The molecular formula is C44H34. The fourth-order valence-electron chi connectivity index (χ4n) is 7.47. The molecular weight excluding hydrogens is 528 g/mol. The first-order valence-corrected chi connectivity index (χ1v) is 15.6. The van der Waals surface area contributed by atoms with E-state index in [0.717, 1.165) is 0 Å². The first-order valence-electron chi connectivity index (χ1n) is 15.6. The van der Waals surface area contributed by atoms with E-state index in [0.29, 0.717) is 5.92 Å². The zero-order valence-corrected chi connectivity index (χ0v) is 25.2. The summed E-state index contributed by atoms with van der Waals surface area (Å²) in [6.45, 7) is 4.51. The van der Waals surface area contributed by atoms with Crippen LogP contribution in [0.2, 0.25) is 0 Å². The largest absolute Gasteiger partial charge is 0.0713 e. The van der Waals surface area contributed by atoms with E-state index in [1.165, 1.54) is 72.0 Å². The zero-order valence-electron chi connectivity index (χ0n) is 25.2. The quantitative estimate of drug-likeness (QED) is 0.196. The van der Waals surface area contributed by atoms with Gasteiger partial charge in [0.25, 0.3) is 0 Å². The maximum Gasteiger partial charge on any atom is 0.0713 e. The van der Waals surface area contributed by atoms with Crippen LogP contribution >= 0.6 is 0 Å². The molecule has 1 aliphatic rings. The predicted octanol–water partition coefficient (Wildman–Crippen LogP) is 11.7. The average Bonchev–Trinajstić information content (AvgIpc) is 3.39. The standard InChI is InChI=1S/C44H34/c1-30(2)31-21-23-33(24-22-31)38-27-25-32-13-9-10-18-37(32)43(38)34-26-28-40-39-19-11-12-20-41(39)44(42(40)29-34,35-14-5-3-6-15-35)36-16-7-4-8-17-36/h3-30H,1-2H3. The van der Waals surface area contributed by atoms with E-state index < -0.39 is 5.41 Å². The SMILES string of the molecule is CC(C)c1ccc(-c2ccc3ccccc3c2-c2ccc3c(c2)C(c2ccccc2)(c2ccccc2)c2ccccc2-3)cc1. The Kier molecular flexibility index (Phi) is 6.31. The van der Waals surface area contributed by atoms with Crippen LogP contribution < -0.4 is 0 Å². The molecule has 7 aromatic carbocycles. The van der Waals surface area contributed by atoms with Crippen LogP contribution in [-0.2, 0) is 5.41 Å². The maximum absolute atomic E-state index is 2.49. The summed E-state index contributed by atoms with van der Waals surface area (Å²) in [7, 11) is 0. The van der Waals surface area contributed by atoms with Gasteiger partial charge in [-0.1, -0.05) is 172 Å². The lowest BCUT2D eigenvalue weighted by Crippen LogP contribution is -2.28. The van der Waals surface area contributed by atoms with Crippen molar-refractivity contribution in [1.29, 1.82) is 0 Å². The van der Waals surface area contributed by atoms with Crippen molar-refractivity contribution < 1.29 is 0 Å². The fourth-order valence-corrected chi connectivity index (χ4v) is 7.47. The number of fused-ring (bicyclic) bond motifs is 4. The smallest absolute Gasteiger partial charge is 0.0622 e. The van der Waals surface area contributed by atoms with Gasteiger partial charge in [0.1, 0.15) is 0 Å². The predicted molar refractivity (Wildman–Crippen MR) is 186 cm³/mol. The molecule has 0 fully saturated rings. The number of hydrogen-bond acceptors (Lipinski definition) is 0. The summed E-state index contributed by atoms with van der Waals surface area (Å²) in [5, 5.41) is 2.53. The molecule has 0 saturated carbocycles. The van der Waals surface area contributed by atoms with E-state index in [1.54, 1.807) is 0 Å². The van der Waals surface area contributed by atoms with Crippen LogP contribution in [0.4, 0.5) is 0 Å². The van der Waals surface area contributed by atoms with E-state index in [1.807, 2.05) is 0 Å². The fraction of sp³-hybridized carbons (Fsp3) is 0.0909. The lowest BCUT2D eigenvalue weighted by Gasteiger charge is -2.34. The van der Waals surface area contributed by atoms with Gasteiger partial charge in [-0.15, -0.1) is 0 Å². The number of hydrogen-bond donors (Lipinski definition) is 0. The monoisotopic (exact) mass is 562 g/mol. The molecule has 0 amide bonds. The number of benzene rings is 7. The third-order valence-electron chi connectivity index (χ3n) is 9.56. The van der Waals surface area contributed by atoms with Gasteiger partial charge in [0.15, 0.2) is 0 Å². The molecule has 44 heavy (non-hydrogen) atoms. The molecule has 0 N–H and O–H groups in total. The van der Waals surface area contributed by atoms with Crippen LogP contribution in [0.1, 0.15) is 47.6 Å². The van der Waals surface area contributed by atoms with E-state index in [-0.39, 0.29) is 0 Å². The lowest BCUT2D eigenvalue weighted by atomic mass is 9.67. The van der Waals surface area contributed by atoms with Crippen molar-refractivity contribution in [2.75, 3.05) is 0 Å². The Hall–Kier alpha value is -5.20. The van der Waals surface area contributed by atoms with Crippen molar-refractivity contribution in [3.8, 4) is 33.4 Å². The molecule has 1 aliphatic carbocycles. The second-order valence-electron chi connectivity index (χ2n) is 12.3. The van der Waals surface area contributed by atoms with Gasteiger partial charge in [-0.05, 0) is 84.0 Å². The Labute approximate surface area is 260 Å². The van der Waals surface area contributed by atoms with Crippen molar-refractivity contribution >= 4 is 10.8 Å². The van der Waals surface area contributed by atoms with Gasteiger partial charge in [0.2, 0.25) is 0 Å². The molecule has 8 rings (SSSR count). The molecule has 0 bridgehead atoms. The normalized spacial score (nSPS) is 13.2. The highest BCUT2D eigenvalue weighted by Gasteiger charge is 2.46. The molecule has 0 nitrogen and oxygen atoms in total. The molecule has 210 valence electrons. The van der Waals surface area contributed by atoms with Crippen molar-refractivity contribution in [3.63, 3.8) is 0 Å². The third-order valence-corrected chi connectivity index (χ3v) is 9.56. The Morgan fingerprint density at radius 2 is 1.00 bits per heavy atom. The van der Waals surface area contributed by atoms with Gasteiger partial charge in [-0.25, -0.2) is 0 Å². The van der Waals surface area contributed by atoms with Crippen LogP contribution in [0.3, 0.4) is 0 Å². The summed E-state index contributed by atoms with van der Waals surface area (Å²) in [6, 6.07) is 60.9. The second kappa shape index (κ2) is 10.5. The highest BCUT2D eigenvalue weighted by Crippen LogP contribution is 2.57. The topological polar surface area (TPSA) is 0 Å². The van der Waals surface area contributed by atoms with E-state index >= 15 is 0 Å². The molecule has 0 heterocycles. The molecule has 7 aromatic rings. The van der Waals surface area contributed by atoms with E-state index in [9.17, 15) is 0 Å². The molecule has 0 aromatic heterocycles. The van der Waals surface area contributed by atoms with Gasteiger partial charge in [-0.2, -0.15) is 0 Å². The summed E-state index contributed by atoms with van der Waals surface area (Å²) in [4.78, 5) is 0. The summed E-state index contributed by atoms with van der Waals surface area (Å²) < 4.78 is 0. The maximum atomic E-state index is 2.49. The number of rotatable bonds is 5. The van der Waals surface area contributed by atoms with Crippen molar-refractivity contribution in [2.45, 2.75) is 25.2 Å². The molecule has 0 radical (unpaired) electrons. The lowest BCUT2D eigenvalue weighted by molar-refractivity contribution is 0.769. The third kappa shape index (κ3) is 3.98. The Balaban J connectivity index is 1.45. The first-order chi connectivity index (χ1) is 21.7. The minimum atomic E-state index is -0.423. The van der Waals surface area contributed by atoms with Crippen molar-refractivity contribution in [3.05, 3.63) is 192 Å². The first kappa shape index (κ1) is 26.4. The van der Waals surface area contributed by atoms with Crippen LogP contribution in [0, 0.1) is 0 Å². The molecule has 0 aliphatic heterocycles. The Morgan fingerprint density at radius 1 is 0.432 bits per heavy atom. The van der Waals surface area contributed by atoms with Crippen molar-refractivity contribution in [1.82, 2.24) is 0 Å². The summed E-state index contributed by atoms with van der Waals surface area (Å²) >= 11 is 0. The van der Waals surface area contributed by atoms with Gasteiger partial charge >= 0.3 is 0 Å². The molecule has 0 saturated heterocycles. The molecule has 0 heteroatoms. The average molecular weight is 563 g/mol. The Morgan fingerprint density at radius 3 is 1.70 bits per heavy atom. The zero-order chi connectivity index (χ0) is 29.7. The van der Waals surface area contributed by atoms with Gasteiger partial charge in [-0.3, -0.25) is 0 Å². The van der Waals surface area contributed by atoms with Gasteiger partial charge in [0, 0.05) is 0 Å². The summed E-state index contributed by atoms with van der Waals surface area (Å²) in [5.41, 5.74) is 13.8. The minimum Gasteiger partial charge on any atom is -0.0622 e. The van der Waals surface area contributed by atoms with Crippen LogP contribution in [0.25, 0.3) is 44.2 Å². The van der Waals surface area contributed by atoms with E-state index in [4.69, 9.17) is 0 Å². The summed E-state index contributed by atoms with van der Waals surface area (Å²) in [5.74, 6) is 0.502. The summed E-state index contributed by atoms with van der Waals surface area (Å²) in [6.07, 6.45) is 0.